The largest absolute Gasteiger partial charge is 0.462 e. The summed E-state index contributed by atoms with van der Waals surface area (Å²) in [5.74, 6) is -1.97. The second-order valence-electron chi connectivity index (χ2n) is 10.8. The van der Waals surface area contributed by atoms with E-state index in [-0.39, 0.29) is 50.4 Å². The number of carbonyl (C=O) groups excluding carboxylic acids is 4. The molecule has 0 atom stereocenters. The maximum Gasteiger partial charge on any atom is 0.333 e. The molecule has 0 amide bonds. The minimum atomic E-state index is -0.699. The molecular weight excluding hydrogens is 628 g/mol. The first-order chi connectivity index (χ1) is 21.0. The summed E-state index contributed by atoms with van der Waals surface area (Å²) in [7, 11) is 0. The van der Waals surface area contributed by atoms with Crippen LogP contribution in [0.4, 0.5) is 0 Å². The average molecular weight is 664 g/mol. The molecule has 0 saturated carbocycles. The second kappa shape index (κ2) is 14.5. The van der Waals surface area contributed by atoms with Crippen molar-refractivity contribution in [2.45, 2.75) is 44.9 Å². The number of hydrogen-bond acceptors (Lipinski definition) is 8. The van der Waals surface area contributed by atoms with E-state index in [4.69, 9.17) is 18.9 Å². The summed E-state index contributed by atoms with van der Waals surface area (Å²) >= 11 is 3.74. The lowest BCUT2D eigenvalue weighted by Crippen LogP contribution is -2.28. The molecule has 0 bridgehead atoms. The van der Waals surface area contributed by atoms with Crippen LogP contribution in [0.1, 0.15) is 50.7 Å². The van der Waals surface area contributed by atoms with Gasteiger partial charge in [-0.15, -0.1) is 0 Å². The minimum absolute atomic E-state index is 0.0680. The van der Waals surface area contributed by atoms with E-state index in [0.29, 0.717) is 12.8 Å². The monoisotopic (exact) mass is 662 g/mol. The maximum atomic E-state index is 12.9. The molecule has 0 N–H and O–H groups in total. The van der Waals surface area contributed by atoms with Crippen LogP contribution < -0.4 is 0 Å². The Balaban J connectivity index is 1.58. The van der Waals surface area contributed by atoms with Crippen molar-refractivity contribution in [3.05, 3.63) is 94.5 Å². The van der Waals surface area contributed by atoms with Crippen LogP contribution in [0.2, 0.25) is 0 Å². The van der Waals surface area contributed by atoms with Gasteiger partial charge in [0.15, 0.2) is 0 Å². The highest BCUT2D eigenvalue weighted by Crippen LogP contribution is 2.56. The number of hydrogen-bond donors (Lipinski definition) is 0. The van der Waals surface area contributed by atoms with Crippen LogP contribution >= 0.6 is 15.9 Å². The molecule has 0 saturated heterocycles. The van der Waals surface area contributed by atoms with Crippen molar-refractivity contribution in [2.24, 2.45) is 0 Å². The molecule has 1 aliphatic rings. The molecule has 8 nitrogen and oxygen atoms in total. The van der Waals surface area contributed by atoms with Gasteiger partial charge in [0.25, 0.3) is 0 Å². The number of fused-ring (bicyclic) bond motifs is 4. The lowest BCUT2D eigenvalue weighted by Gasteiger charge is -2.32. The number of esters is 4. The third-order valence-electron chi connectivity index (χ3n) is 7.57. The van der Waals surface area contributed by atoms with E-state index in [2.05, 4.69) is 47.3 Å². The van der Waals surface area contributed by atoms with Crippen LogP contribution in [0.15, 0.2) is 83.4 Å². The van der Waals surface area contributed by atoms with Crippen molar-refractivity contribution in [1.29, 1.82) is 0 Å². The molecule has 0 heterocycles. The van der Waals surface area contributed by atoms with Crippen LogP contribution in [-0.2, 0) is 43.5 Å². The lowest BCUT2D eigenvalue weighted by molar-refractivity contribution is -0.150. The standard InChI is InChI=1S/C35H35BrO8/c1-22(2)33(39)43-18-16-41-30(37)12-14-35(15-13-31(38)42-17-19-44-34(40)23(3)4)27-10-7-11-29(36)32(27)26-20-24-8-5-6-9-25(24)21-28(26)35/h5-11,20-21H,1,3,12-19H2,2,4H3. The molecule has 0 aliphatic heterocycles. The van der Waals surface area contributed by atoms with E-state index in [1.807, 2.05) is 36.4 Å². The first-order valence-corrected chi connectivity index (χ1v) is 15.1. The average Bonchev–Trinajstić information content (AvgIpc) is 3.27. The van der Waals surface area contributed by atoms with E-state index in [0.717, 1.165) is 37.5 Å². The van der Waals surface area contributed by atoms with E-state index in [1.165, 1.54) is 0 Å². The quantitative estimate of drug-likeness (QED) is 0.0808. The van der Waals surface area contributed by atoms with Gasteiger partial charge in [0.1, 0.15) is 26.4 Å². The Morgan fingerprint density at radius 3 is 1.70 bits per heavy atom. The highest BCUT2D eigenvalue weighted by Gasteiger charge is 2.44. The SMILES string of the molecule is C=C(C)C(=O)OCCOC(=O)CCC1(CCC(=O)OCCOC(=O)C(=C)C)c2cc3ccccc3cc2-c2c(Br)cccc21. The van der Waals surface area contributed by atoms with Crippen molar-refractivity contribution in [1.82, 2.24) is 0 Å². The van der Waals surface area contributed by atoms with Crippen molar-refractivity contribution in [3.8, 4) is 11.1 Å². The van der Waals surface area contributed by atoms with Gasteiger partial charge in [-0.1, -0.05) is 65.5 Å². The highest BCUT2D eigenvalue weighted by molar-refractivity contribution is 9.10. The summed E-state index contributed by atoms with van der Waals surface area (Å²) in [5.41, 5.74) is 3.91. The van der Waals surface area contributed by atoms with Gasteiger partial charge >= 0.3 is 23.9 Å². The molecule has 9 heteroatoms. The van der Waals surface area contributed by atoms with E-state index < -0.39 is 29.3 Å². The Labute approximate surface area is 265 Å². The molecule has 230 valence electrons. The molecule has 0 unspecified atom stereocenters. The van der Waals surface area contributed by atoms with Crippen LogP contribution in [0.25, 0.3) is 21.9 Å². The normalized spacial score (nSPS) is 12.5. The molecule has 0 radical (unpaired) electrons. The van der Waals surface area contributed by atoms with Crippen molar-refractivity contribution < 1.29 is 38.1 Å². The fourth-order valence-electron chi connectivity index (χ4n) is 5.45. The molecule has 44 heavy (non-hydrogen) atoms. The highest BCUT2D eigenvalue weighted by atomic mass is 79.9. The number of benzene rings is 3. The Morgan fingerprint density at radius 1 is 0.682 bits per heavy atom. The van der Waals surface area contributed by atoms with Gasteiger partial charge in [0.2, 0.25) is 0 Å². The van der Waals surface area contributed by atoms with Gasteiger partial charge in [-0.2, -0.15) is 0 Å². The second-order valence-corrected chi connectivity index (χ2v) is 11.6. The number of rotatable bonds is 14. The van der Waals surface area contributed by atoms with Gasteiger partial charge in [-0.25, -0.2) is 9.59 Å². The van der Waals surface area contributed by atoms with E-state index in [1.54, 1.807) is 13.8 Å². The Bertz CT molecular complexity index is 1570. The Kier molecular flexibility index (Phi) is 10.8. The van der Waals surface area contributed by atoms with Crippen LogP contribution in [0.5, 0.6) is 0 Å². The molecule has 3 aromatic carbocycles. The summed E-state index contributed by atoms with van der Waals surface area (Å²) in [6.07, 6.45) is 0.877. The first kappa shape index (κ1) is 32.7. The van der Waals surface area contributed by atoms with Crippen LogP contribution in [0.3, 0.4) is 0 Å². The fraction of sp³-hybridized carbons (Fsp3) is 0.314. The van der Waals surface area contributed by atoms with Gasteiger partial charge in [-0.3, -0.25) is 9.59 Å². The summed E-state index contributed by atoms with van der Waals surface area (Å²) in [6.45, 7) is 9.87. The number of ether oxygens (including phenoxy) is 4. The summed E-state index contributed by atoms with van der Waals surface area (Å²) in [5, 5.41) is 2.12. The number of carbonyl (C=O) groups is 4. The molecule has 4 rings (SSSR count). The maximum absolute atomic E-state index is 12.9. The molecule has 0 spiro atoms. The van der Waals surface area contributed by atoms with E-state index >= 15 is 0 Å². The Morgan fingerprint density at radius 2 is 1.18 bits per heavy atom. The first-order valence-electron chi connectivity index (χ1n) is 14.3. The fourth-order valence-corrected chi connectivity index (χ4v) is 6.03. The van der Waals surface area contributed by atoms with Gasteiger partial charge in [-0.05, 0) is 72.4 Å². The molecule has 0 aromatic heterocycles. The van der Waals surface area contributed by atoms with Gasteiger partial charge in [0.05, 0.1) is 0 Å². The summed E-state index contributed by atoms with van der Waals surface area (Å²) in [6, 6.07) is 18.3. The lowest BCUT2D eigenvalue weighted by atomic mass is 9.71. The third-order valence-corrected chi connectivity index (χ3v) is 8.23. The zero-order valence-electron chi connectivity index (χ0n) is 24.9. The van der Waals surface area contributed by atoms with Crippen molar-refractivity contribution in [3.63, 3.8) is 0 Å². The molecule has 3 aromatic rings. The van der Waals surface area contributed by atoms with Crippen LogP contribution in [0, 0.1) is 0 Å². The van der Waals surface area contributed by atoms with Gasteiger partial charge < -0.3 is 18.9 Å². The zero-order valence-corrected chi connectivity index (χ0v) is 26.5. The molecule has 1 aliphatic carbocycles. The predicted octanol–water partition coefficient (Wildman–Crippen LogP) is 6.75. The topological polar surface area (TPSA) is 105 Å². The van der Waals surface area contributed by atoms with Crippen LogP contribution in [-0.4, -0.2) is 50.3 Å². The summed E-state index contributed by atoms with van der Waals surface area (Å²) < 4.78 is 21.7. The minimum Gasteiger partial charge on any atom is -0.462 e. The van der Waals surface area contributed by atoms with E-state index in [9.17, 15) is 19.2 Å². The zero-order chi connectivity index (χ0) is 31.9. The Hall–Kier alpha value is -4.24. The smallest absolute Gasteiger partial charge is 0.333 e. The van der Waals surface area contributed by atoms with Crippen molar-refractivity contribution >= 4 is 50.6 Å². The van der Waals surface area contributed by atoms with Gasteiger partial charge in [0, 0.05) is 39.4 Å². The predicted molar refractivity (Wildman–Crippen MR) is 170 cm³/mol. The summed E-state index contributed by atoms with van der Waals surface area (Å²) in [4.78, 5) is 49.1. The molecule has 0 fully saturated rings. The number of halogens is 1. The van der Waals surface area contributed by atoms with Crippen molar-refractivity contribution in [2.75, 3.05) is 26.4 Å². The third kappa shape index (κ3) is 7.45. The molecular formula is C35H35BrO8.